The molecular formula is C27H22F6O4. The van der Waals surface area contributed by atoms with Crippen LogP contribution in [-0.4, -0.2) is 19.2 Å². The molecule has 3 aromatic carbocycles. The zero-order valence-corrected chi connectivity index (χ0v) is 19.6. The predicted molar refractivity (Wildman–Crippen MR) is 121 cm³/mol. The summed E-state index contributed by atoms with van der Waals surface area (Å²) in [6, 6.07) is 5.76. The van der Waals surface area contributed by atoms with Gasteiger partial charge in [-0.2, -0.15) is 0 Å². The summed E-state index contributed by atoms with van der Waals surface area (Å²) in [7, 11) is 0. The van der Waals surface area contributed by atoms with Gasteiger partial charge in [0.15, 0.2) is 23.7 Å². The number of carbonyl (C=O) groups excluding carboxylic acids is 1. The molecule has 37 heavy (non-hydrogen) atoms. The van der Waals surface area contributed by atoms with E-state index in [9.17, 15) is 31.1 Å². The van der Waals surface area contributed by atoms with E-state index in [-0.39, 0.29) is 22.6 Å². The molecule has 0 aromatic heterocycles. The Morgan fingerprint density at radius 3 is 2.05 bits per heavy atom. The Morgan fingerprint density at radius 2 is 1.49 bits per heavy atom. The molecule has 1 fully saturated rings. The first-order valence-electron chi connectivity index (χ1n) is 11.6. The number of esters is 1. The van der Waals surface area contributed by atoms with Crippen LogP contribution in [0.1, 0.15) is 48.4 Å². The van der Waals surface area contributed by atoms with E-state index < -0.39 is 58.5 Å². The van der Waals surface area contributed by atoms with Crippen molar-refractivity contribution in [3.63, 3.8) is 0 Å². The fourth-order valence-electron chi connectivity index (χ4n) is 3.98. The summed E-state index contributed by atoms with van der Waals surface area (Å²) in [5.74, 6) is -9.93. The van der Waals surface area contributed by atoms with Crippen molar-refractivity contribution in [2.75, 3.05) is 13.2 Å². The minimum Gasteiger partial charge on any atom is -0.423 e. The van der Waals surface area contributed by atoms with E-state index in [1.54, 1.807) is 0 Å². The second-order valence-corrected chi connectivity index (χ2v) is 8.65. The quantitative estimate of drug-likeness (QED) is 0.141. The van der Waals surface area contributed by atoms with Crippen LogP contribution in [0.15, 0.2) is 42.5 Å². The number of hydrogen-bond acceptors (Lipinski definition) is 4. The molecule has 4 nitrogen and oxygen atoms in total. The van der Waals surface area contributed by atoms with E-state index in [4.69, 9.17) is 14.2 Å². The maximum Gasteiger partial charge on any atom is 0.349 e. The lowest BCUT2D eigenvalue weighted by Gasteiger charge is -2.29. The molecule has 1 saturated heterocycles. The van der Waals surface area contributed by atoms with Gasteiger partial charge in [0.1, 0.15) is 28.8 Å². The van der Waals surface area contributed by atoms with Crippen molar-refractivity contribution in [2.24, 2.45) is 5.92 Å². The van der Waals surface area contributed by atoms with Gasteiger partial charge >= 0.3 is 5.97 Å². The molecule has 0 atom stereocenters. The molecule has 3 aromatic rings. The molecule has 1 heterocycles. The van der Waals surface area contributed by atoms with Crippen LogP contribution in [0.2, 0.25) is 0 Å². The number of carbonyl (C=O) groups is 1. The monoisotopic (exact) mass is 524 g/mol. The maximum absolute atomic E-state index is 14.7. The molecule has 10 heteroatoms. The lowest BCUT2D eigenvalue weighted by Crippen LogP contribution is -2.27. The van der Waals surface area contributed by atoms with Gasteiger partial charge in [0, 0.05) is 23.1 Å². The first kappa shape index (κ1) is 26.7. The summed E-state index contributed by atoms with van der Waals surface area (Å²) >= 11 is 0. The number of hydrogen-bond donors (Lipinski definition) is 0. The Bertz CT molecular complexity index is 1260. The maximum atomic E-state index is 14.7. The topological polar surface area (TPSA) is 44.8 Å². The number of rotatable bonds is 7. The largest absolute Gasteiger partial charge is 0.423 e. The molecule has 0 aliphatic carbocycles. The second-order valence-electron chi connectivity index (χ2n) is 8.65. The Morgan fingerprint density at radius 1 is 0.865 bits per heavy atom. The van der Waals surface area contributed by atoms with Crippen molar-refractivity contribution in [1.82, 2.24) is 0 Å². The highest BCUT2D eigenvalue weighted by atomic mass is 19.2. The van der Waals surface area contributed by atoms with Crippen LogP contribution < -0.4 is 4.74 Å². The molecule has 0 saturated carbocycles. The van der Waals surface area contributed by atoms with Gasteiger partial charge < -0.3 is 14.2 Å². The van der Waals surface area contributed by atoms with Gasteiger partial charge in [-0.15, -0.1) is 0 Å². The van der Waals surface area contributed by atoms with Gasteiger partial charge in [0.05, 0.1) is 13.2 Å². The van der Waals surface area contributed by atoms with E-state index in [1.807, 2.05) is 0 Å². The summed E-state index contributed by atoms with van der Waals surface area (Å²) in [6.07, 6.45) is 1.96. The third-order valence-corrected chi connectivity index (χ3v) is 5.92. The minimum atomic E-state index is -1.71. The zero-order chi connectivity index (χ0) is 26.7. The molecular weight excluding hydrogens is 502 g/mol. The van der Waals surface area contributed by atoms with Gasteiger partial charge in [0.2, 0.25) is 0 Å². The van der Waals surface area contributed by atoms with Crippen LogP contribution in [0.5, 0.6) is 5.75 Å². The van der Waals surface area contributed by atoms with Crippen LogP contribution >= 0.6 is 0 Å². The zero-order valence-electron chi connectivity index (χ0n) is 19.6. The van der Waals surface area contributed by atoms with Crippen molar-refractivity contribution in [3.05, 3.63) is 88.5 Å². The number of unbranched alkanes of at least 4 members (excludes halogenated alkanes) is 1. The highest BCUT2D eigenvalue weighted by molar-refractivity contribution is 5.91. The van der Waals surface area contributed by atoms with Gasteiger partial charge in [-0.1, -0.05) is 19.8 Å². The fourth-order valence-corrected chi connectivity index (χ4v) is 3.98. The number of benzene rings is 3. The van der Waals surface area contributed by atoms with E-state index in [0.29, 0.717) is 31.4 Å². The molecule has 0 unspecified atom stereocenters. The molecule has 0 spiro atoms. The van der Waals surface area contributed by atoms with Crippen LogP contribution in [-0.2, 0) is 9.47 Å². The molecule has 4 rings (SSSR count). The van der Waals surface area contributed by atoms with Crippen molar-refractivity contribution in [2.45, 2.75) is 32.5 Å². The fraction of sp³-hybridized carbons (Fsp3) is 0.296. The van der Waals surface area contributed by atoms with Gasteiger partial charge in [-0.3, -0.25) is 0 Å². The van der Waals surface area contributed by atoms with Gasteiger partial charge in [0.25, 0.3) is 0 Å². The molecule has 0 radical (unpaired) electrons. The smallest absolute Gasteiger partial charge is 0.349 e. The van der Waals surface area contributed by atoms with Crippen molar-refractivity contribution in [1.29, 1.82) is 0 Å². The van der Waals surface area contributed by atoms with Crippen LogP contribution in [0.4, 0.5) is 26.3 Å². The van der Waals surface area contributed by atoms with E-state index >= 15 is 0 Å². The van der Waals surface area contributed by atoms with Gasteiger partial charge in [-0.05, 0) is 48.4 Å². The lowest BCUT2D eigenvalue weighted by atomic mass is 10.0. The molecule has 0 N–H and O–H groups in total. The standard InChI is InChI=1S/C27H22F6O4/c1-2-3-4-14-12-35-27(36-13-14)16-9-20(29)24(21(30)10-16)26(34)37-17-5-6-18(19(28)11-17)15-7-22(31)25(33)23(32)8-15/h5-11,14,27H,2-4,12-13H2,1H3. The Labute approximate surface area is 208 Å². The lowest BCUT2D eigenvalue weighted by molar-refractivity contribution is -0.206. The summed E-state index contributed by atoms with van der Waals surface area (Å²) in [4.78, 5) is 12.5. The van der Waals surface area contributed by atoms with Crippen molar-refractivity contribution >= 4 is 5.97 Å². The average Bonchev–Trinajstić information content (AvgIpc) is 2.85. The summed E-state index contributed by atoms with van der Waals surface area (Å²) in [5, 5.41) is 0. The Hall–Kier alpha value is -3.37. The molecule has 0 bridgehead atoms. The summed E-state index contributed by atoms with van der Waals surface area (Å²) in [5.41, 5.74) is -1.57. The Balaban J connectivity index is 1.47. The highest BCUT2D eigenvalue weighted by Gasteiger charge is 2.28. The first-order chi connectivity index (χ1) is 17.7. The second kappa shape index (κ2) is 11.4. The number of halogens is 6. The SMILES string of the molecule is CCCCC1COC(c2cc(F)c(C(=O)Oc3ccc(-c4cc(F)c(F)c(F)c4)c(F)c3)c(F)c2)OC1. The Kier molecular flexibility index (Phi) is 8.19. The molecule has 0 amide bonds. The third kappa shape index (κ3) is 5.97. The van der Waals surface area contributed by atoms with Crippen LogP contribution in [0, 0.1) is 40.8 Å². The van der Waals surface area contributed by atoms with Gasteiger partial charge in [-0.25, -0.2) is 31.1 Å². The van der Waals surface area contributed by atoms with Crippen molar-refractivity contribution < 1.29 is 45.3 Å². The number of ether oxygens (including phenoxy) is 3. The van der Waals surface area contributed by atoms with E-state index in [2.05, 4.69) is 6.92 Å². The molecule has 1 aliphatic rings. The van der Waals surface area contributed by atoms with Crippen LogP contribution in [0.3, 0.4) is 0 Å². The highest BCUT2D eigenvalue weighted by Crippen LogP contribution is 2.31. The predicted octanol–water partition coefficient (Wildman–Crippen LogP) is 7.26. The summed E-state index contributed by atoms with van der Waals surface area (Å²) in [6.45, 7) is 2.81. The summed E-state index contributed by atoms with van der Waals surface area (Å²) < 4.78 is 100. The average molecular weight is 524 g/mol. The molecule has 196 valence electrons. The van der Waals surface area contributed by atoms with E-state index in [1.165, 1.54) is 0 Å². The first-order valence-corrected chi connectivity index (χ1v) is 11.6. The molecule has 1 aliphatic heterocycles. The third-order valence-electron chi connectivity index (χ3n) is 5.92. The van der Waals surface area contributed by atoms with E-state index in [0.717, 1.165) is 43.5 Å². The normalized spacial score (nSPS) is 17.6. The van der Waals surface area contributed by atoms with Crippen molar-refractivity contribution in [3.8, 4) is 16.9 Å². The minimum absolute atomic E-state index is 0.0506. The van der Waals surface area contributed by atoms with Crippen LogP contribution in [0.25, 0.3) is 11.1 Å².